The van der Waals surface area contributed by atoms with Crippen LogP contribution in [0.25, 0.3) is 0 Å². The maximum absolute atomic E-state index is 8.75. The lowest BCUT2D eigenvalue weighted by Crippen LogP contribution is -1.86. The van der Waals surface area contributed by atoms with Crippen molar-refractivity contribution in [3.05, 3.63) is 22.8 Å². The summed E-state index contributed by atoms with van der Waals surface area (Å²) in [5.74, 6) is 1.03. The maximum Gasteiger partial charge on any atom is 0.131 e. The van der Waals surface area contributed by atoms with Gasteiger partial charge in [-0.15, -0.1) is 11.8 Å². The Balaban J connectivity index is 2.54. The van der Waals surface area contributed by atoms with Gasteiger partial charge in [0.15, 0.2) is 0 Å². The first-order valence-electron chi connectivity index (χ1n) is 4.96. The first-order chi connectivity index (χ1) is 7.26. The first-order valence-corrected chi connectivity index (χ1v) is 6.33. The van der Waals surface area contributed by atoms with Gasteiger partial charge in [-0.3, -0.25) is 0 Å². The van der Waals surface area contributed by atoms with Crippen molar-refractivity contribution >= 4 is 23.4 Å². The van der Waals surface area contributed by atoms with Crippen LogP contribution in [0.15, 0.2) is 17.2 Å². The minimum Gasteiger partial charge on any atom is -0.230 e. The van der Waals surface area contributed by atoms with Gasteiger partial charge in [0.25, 0.3) is 0 Å². The van der Waals surface area contributed by atoms with Crippen molar-refractivity contribution in [1.29, 1.82) is 5.26 Å². The molecule has 0 radical (unpaired) electrons. The number of halogens is 1. The molecule has 0 unspecified atom stereocenters. The predicted octanol–water partition coefficient (Wildman–Crippen LogP) is 3.89. The molecule has 0 amide bonds. The van der Waals surface area contributed by atoms with Crippen LogP contribution >= 0.6 is 23.4 Å². The fraction of sp³-hybridized carbons (Fsp3) is 0.455. The topological polar surface area (TPSA) is 36.7 Å². The second-order valence-electron chi connectivity index (χ2n) is 3.18. The molecule has 1 aromatic rings. The number of unbranched alkanes of at least 4 members (excludes halogenated alkanes) is 2. The van der Waals surface area contributed by atoms with Gasteiger partial charge in [-0.1, -0.05) is 31.4 Å². The summed E-state index contributed by atoms with van der Waals surface area (Å²) in [6.45, 7) is 2.18. The summed E-state index contributed by atoms with van der Waals surface area (Å²) in [6.07, 6.45) is 3.63. The molecular weight excluding hydrogens is 228 g/mol. The smallest absolute Gasteiger partial charge is 0.131 e. The van der Waals surface area contributed by atoms with Crippen LogP contribution in [0, 0.1) is 11.3 Å². The first kappa shape index (κ1) is 12.4. The third-order valence-electron chi connectivity index (χ3n) is 1.90. The van der Waals surface area contributed by atoms with Crippen LogP contribution in [-0.2, 0) is 0 Å². The van der Waals surface area contributed by atoms with E-state index in [9.17, 15) is 0 Å². The zero-order valence-electron chi connectivity index (χ0n) is 8.66. The monoisotopic (exact) mass is 240 g/mol. The van der Waals surface area contributed by atoms with E-state index in [2.05, 4.69) is 18.0 Å². The number of aromatic nitrogens is 1. The third kappa shape index (κ3) is 4.55. The summed E-state index contributed by atoms with van der Waals surface area (Å²) in [5, 5.41) is 9.99. The van der Waals surface area contributed by atoms with Crippen LogP contribution in [0.3, 0.4) is 0 Å². The van der Waals surface area contributed by atoms with E-state index in [0.717, 1.165) is 10.8 Å². The van der Waals surface area contributed by atoms with E-state index in [1.54, 1.807) is 23.9 Å². The minimum atomic E-state index is 0.395. The highest BCUT2D eigenvalue weighted by Crippen LogP contribution is 2.21. The summed E-state index contributed by atoms with van der Waals surface area (Å²) >= 11 is 7.45. The zero-order chi connectivity index (χ0) is 11.1. The van der Waals surface area contributed by atoms with Gasteiger partial charge in [-0.25, -0.2) is 4.98 Å². The Bertz CT molecular complexity index is 360. The average molecular weight is 241 g/mol. The summed E-state index contributed by atoms with van der Waals surface area (Å²) in [4.78, 5) is 4.16. The molecule has 15 heavy (non-hydrogen) atoms. The Labute approximate surface area is 99.7 Å². The third-order valence-corrected chi connectivity index (χ3v) is 3.09. The van der Waals surface area contributed by atoms with Gasteiger partial charge in [0.1, 0.15) is 5.15 Å². The molecule has 0 bridgehead atoms. The summed E-state index contributed by atoms with van der Waals surface area (Å²) in [5.41, 5.74) is 0.577. The molecule has 0 saturated carbocycles. The Kier molecular flexibility index (Phi) is 5.52. The van der Waals surface area contributed by atoms with E-state index in [1.807, 2.05) is 0 Å². The van der Waals surface area contributed by atoms with E-state index in [0.29, 0.717) is 10.7 Å². The summed E-state index contributed by atoms with van der Waals surface area (Å²) in [6, 6.07) is 5.43. The Morgan fingerprint density at radius 2 is 2.27 bits per heavy atom. The van der Waals surface area contributed by atoms with Crippen LogP contribution in [0.1, 0.15) is 31.7 Å². The second-order valence-corrected chi connectivity index (χ2v) is 4.69. The van der Waals surface area contributed by atoms with Crippen molar-refractivity contribution in [2.24, 2.45) is 0 Å². The van der Waals surface area contributed by atoms with Gasteiger partial charge in [-0.05, 0) is 24.3 Å². The van der Waals surface area contributed by atoms with Crippen LogP contribution in [0.2, 0.25) is 5.15 Å². The van der Waals surface area contributed by atoms with Gasteiger partial charge in [0, 0.05) is 0 Å². The van der Waals surface area contributed by atoms with Crippen LogP contribution < -0.4 is 0 Å². The van der Waals surface area contributed by atoms with E-state index < -0.39 is 0 Å². The normalized spacial score (nSPS) is 9.93. The lowest BCUT2D eigenvalue weighted by Gasteiger charge is -2.01. The van der Waals surface area contributed by atoms with Crippen molar-refractivity contribution < 1.29 is 0 Å². The van der Waals surface area contributed by atoms with Crippen molar-refractivity contribution in [1.82, 2.24) is 4.98 Å². The van der Waals surface area contributed by atoms with Crippen molar-refractivity contribution in [2.75, 3.05) is 5.75 Å². The van der Waals surface area contributed by atoms with Gasteiger partial charge >= 0.3 is 0 Å². The SMILES string of the molecule is CCCCCSc1cc(C#N)cc(Cl)n1. The highest BCUT2D eigenvalue weighted by atomic mass is 35.5. The number of rotatable bonds is 5. The van der Waals surface area contributed by atoms with E-state index in [4.69, 9.17) is 16.9 Å². The number of hydrogen-bond donors (Lipinski definition) is 0. The maximum atomic E-state index is 8.75. The predicted molar refractivity (Wildman–Crippen MR) is 64.2 cm³/mol. The van der Waals surface area contributed by atoms with Gasteiger partial charge in [0.2, 0.25) is 0 Å². The molecular formula is C11H13ClN2S. The average Bonchev–Trinajstić information content (AvgIpc) is 2.23. The quantitative estimate of drug-likeness (QED) is 0.445. The highest BCUT2D eigenvalue weighted by molar-refractivity contribution is 7.99. The molecule has 0 aliphatic heterocycles. The van der Waals surface area contributed by atoms with Gasteiger partial charge in [0.05, 0.1) is 16.7 Å². The minimum absolute atomic E-state index is 0.395. The van der Waals surface area contributed by atoms with Crippen LogP contribution in [0.4, 0.5) is 0 Å². The van der Waals surface area contributed by atoms with E-state index in [1.165, 1.54) is 19.3 Å². The molecule has 0 saturated heterocycles. The molecule has 0 spiro atoms. The summed E-state index contributed by atoms with van der Waals surface area (Å²) in [7, 11) is 0. The lowest BCUT2D eigenvalue weighted by atomic mass is 10.3. The molecule has 0 aliphatic carbocycles. The molecule has 0 aromatic carbocycles. The zero-order valence-corrected chi connectivity index (χ0v) is 10.2. The molecule has 0 aliphatic rings. The van der Waals surface area contributed by atoms with E-state index >= 15 is 0 Å². The number of thioether (sulfide) groups is 1. The summed E-state index contributed by atoms with van der Waals surface area (Å²) < 4.78 is 0. The largest absolute Gasteiger partial charge is 0.230 e. The van der Waals surface area contributed by atoms with Crippen molar-refractivity contribution in [3.8, 4) is 6.07 Å². The van der Waals surface area contributed by atoms with Crippen LogP contribution in [0.5, 0.6) is 0 Å². The van der Waals surface area contributed by atoms with Gasteiger partial charge in [-0.2, -0.15) is 5.26 Å². The number of hydrogen-bond acceptors (Lipinski definition) is 3. The molecule has 80 valence electrons. The molecule has 0 fully saturated rings. The molecule has 1 rings (SSSR count). The molecule has 2 nitrogen and oxygen atoms in total. The number of pyridine rings is 1. The molecule has 1 heterocycles. The molecule has 0 N–H and O–H groups in total. The Hall–Kier alpha value is -0.720. The highest BCUT2D eigenvalue weighted by Gasteiger charge is 2.01. The van der Waals surface area contributed by atoms with Crippen molar-refractivity contribution in [2.45, 2.75) is 31.2 Å². The Morgan fingerprint density at radius 1 is 1.47 bits per heavy atom. The van der Waals surface area contributed by atoms with Gasteiger partial charge < -0.3 is 0 Å². The standard InChI is InChI=1S/C11H13ClN2S/c1-2-3-4-5-15-11-7-9(8-13)6-10(12)14-11/h6-7H,2-5H2,1H3. The number of nitriles is 1. The fourth-order valence-electron chi connectivity index (χ4n) is 1.14. The fourth-order valence-corrected chi connectivity index (χ4v) is 2.33. The molecule has 1 aromatic heterocycles. The van der Waals surface area contributed by atoms with Crippen LogP contribution in [-0.4, -0.2) is 10.7 Å². The lowest BCUT2D eigenvalue weighted by molar-refractivity contribution is 0.778. The van der Waals surface area contributed by atoms with Crippen molar-refractivity contribution in [3.63, 3.8) is 0 Å². The van der Waals surface area contributed by atoms with E-state index in [-0.39, 0.29) is 0 Å². The Morgan fingerprint density at radius 3 is 2.93 bits per heavy atom. The second kappa shape index (κ2) is 6.71. The molecule has 0 atom stereocenters. The molecule has 4 heteroatoms. The number of nitrogens with zero attached hydrogens (tertiary/aromatic N) is 2.